The summed E-state index contributed by atoms with van der Waals surface area (Å²) in [6.07, 6.45) is 1.98. The van der Waals surface area contributed by atoms with Gasteiger partial charge >= 0.3 is 0 Å². The Morgan fingerprint density at radius 2 is 1.60 bits per heavy atom. The number of anilines is 1. The van der Waals surface area contributed by atoms with E-state index in [1.54, 1.807) is 0 Å². The normalized spacial score (nSPS) is 11.1. The molecule has 0 spiro atoms. The number of benzene rings is 2. The lowest BCUT2D eigenvalue weighted by Crippen LogP contribution is -2.02. The number of hydrogen-bond donors (Lipinski definition) is 1. The molecule has 0 heterocycles. The molecule has 2 aromatic carbocycles. The zero-order valence-electron chi connectivity index (χ0n) is 19.8. The van der Waals surface area contributed by atoms with Gasteiger partial charge in [0.15, 0.2) is 0 Å². The molecule has 0 bridgehead atoms. The molecule has 0 aliphatic carbocycles. The van der Waals surface area contributed by atoms with E-state index in [0.29, 0.717) is 0 Å². The lowest BCUT2D eigenvalue weighted by Gasteiger charge is -2.13. The molecule has 2 heteroatoms. The van der Waals surface area contributed by atoms with E-state index in [1.807, 2.05) is 25.6 Å². The van der Waals surface area contributed by atoms with Crippen LogP contribution in [-0.4, -0.2) is 11.5 Å². The van der Waals surface area contributed by atoms with Crippen LogP contribution in [0.5, 0.6) is 0 Å². The third-order valence-corrected chi connectivity index (χ3v) is 6.11. The van der Waals surface area contributed by atoms with Gasteiger partial charge in [-0.25, -0.2) is 0 Å². The van der Waals surface area contributed by atoms with Crippen molar-refractivity contribution < 1.29 is 0 Å². The van der Waals surface area contributed by atoms with E-state index in [-0.39, 0.29) is 0 Å². The first-order valence-corrected chi connectivity index (χ1v) is 12.1. The minimum atomic E-state index is 0.903. The van der Waals surface area contributed by atoms with Gasteiger partial charge in [0.05, 0.1) is 0 Å². The molecule has 1 nitrogen and oxygen atoms in total. The van der Waals surface area contributed by atoms with Gasteiger partial charge < -0.3 is 5.32 Å². The van der Waals surface area contributed by atoms with Crippen molar-refractivity contribution in [1.82, 2.24) is 0 Å². The Morgan fingerprint density at radius 3 is 2.23 bits per heavy atom. The van der Waals surface area contributed by atoms with Crippen LogP contribution >= 0.6 is 11.8 Å². The predicted octanol–water partition coefficient (Wildman–Crippen LogP) is 8.68. The molecule has 0 unspecified atom stereocenters. The lowest BCUT2D eigenvalue weighted by atomic mass is 9.97. The molecule has 0 fully saturated rings. The van der Waals surface area contributed by atoms with Crippen molar-refractivity contribution in [1.29, 1.82) is 0 Å². The second kappa shape index (κ2) is 13.9. The Hall–Kier alpha value is -2.19. The molecule has 0 saturated carbocycles. The minimum absolute atomic E-state index is 0.903. The number of nitrogens with one attached hydrogen (secondary N) is 1. The highest BCUT2D eigenvalue weighted by atomic mass is 32.2. The Labute approximate surface area is 189 Å². The van der Waals surface area contributed by atoms with E-state index in [0.717, 1.165) is 35.7 Å². The Kier molecular flexibility index (Phi) is 12.0. The van der Waals surface area contributed by atoms with Gasteiger partial charge in [0.1, 0.15) is 0 Å². The van der Waals surface area contributed by atoms with Gasteiger partial charge in [0, 0.05) is 22.9 Å². The van der Waals surface area contributed by atoms with Crippen molar-refractivity contribution in [2.24, 2.45) is 0 Å². The molecule has 1 N–H and O–H groups in total. The molecule has 0 amide bonds. The molecule has 0 saturated heterocycles. The van der Waals surface area contributed by atoms with Crippen molar-refractivity contribution in [3.63, 3.8) is 0 Å². The van der Waals surface area contributed by atoms with Crippen LogP contribution in [-0.2, 0) is 6.42 Å². The van der Waals surface area contributed by atoms with E-state index in [4.69, 9.17) is 0 Å². The number of allylic oxidation sites excluding steroid dienone is 2. The van der Waals surface area contributed by atoms with E-state index in [2.05, 4.69) is 94.7 Å². The Bertz CT molecular complexity index is 843. The summed E-state index contributed by atoms with van der Waals surface area (Å²) in [5.41, 5.74) is 10.1. The van der Waals surface area contributed by atoms with Crippen molar-refractivity contribution in [2.75, 3.05) is 16.8 Å². The highest BCUT2D eigenvalue weighted by molar-refractivity contribution is 7.99. The highest BCUT2D eigenvalue weighted by Gasteiger charge is 2.04. The summed E-state index contributed by atoms with van der Waals surface area (Å²) >= 11 is 1.90. The monoisotopic (exact) mass is 421 g/mol. The molecule has 30 heavy (non-hydrogen) atoms. The van der Waals surface area contributed by atoms with Crippen LogP contribution in [0.3, 0.4) is 0 Å². The van der Waals surface area contributed by atoms with Crippen LogP contribution in [0.1, 0.15) is 57.7 Å². The molecule has 162 valence electrons. The fourth-order valence-electron chi connectivity index (χ4n) is 2.92. The Morgan fingerprint density at radius 1 is 0.933 bits per heavy atom. The first-order chi connectivity index (χ1) is 14.4. The molecule has 2 aromatic rings. The molecule has 0 atom stereocenters. The van der Waals surface area contributed by atoms with Gasteiger partial charge in [-0.3, -0.25) is 0 Å². The van der Waals surface area contributed by atoms with Crippen LogP contribution in [0, 0.1) is 6.92 Å². The zero-order valence-corrected chi connectivity index (χ0v) is 20.6. The van der Waals surface area contributed by atoms with Crippen molar-refractivity contribution in [3.05, 3.63) is 95.2 Å². The van der Waals surface area contributed by atoms with Crippen LogP contribution in [0.15, 0.2) is 78.5 Å². The molecular formula is C28H39NS. The average Bonchev–Trinajstić information content (AvgIpc) is 2.75. The fraction of sp³-hybridized carbons (Fsp3) is 0.357. The average molecular weight is 422 g/mol. The summed E-state index contributed by atoms with van der Waals surface area (Å²) in [7, 11) is 0. The fourth-order valence-corrected chi connectivity index (χ4v) is 3.90. The van der Waals surface area contributed by atoms with E-state index in [1.165, 1.54) is 33.4 Å². The second-order valence-electron chi connectivity index (χ2n) is 7.48. The third-order valence-electron chi connectivity index (χ3n) is 4.92. The highest BCUT2D eigenvalue weighted by Crippen LogP contribution is 2.24. The van der Waals surface area contributed by atoms with E-state index in [9.17, 15) is 0 Å². The standard InChI is InChI=1S/C26H33NS.C2H6/c1-7-24-9-8-10-26(16-24)27-23(6)18-28-17-22(5)20(3)15-21(4)25-13-11-19(2)12-14-25;1-2/h8-14,16,27H,4,6-7,15,17-18H2,1-3,5H3;1-2H3/b22-20+;. The first kappa shape index (κ1) is 25.8. The van der Waals surface area contributed by atoms with Crippen LogP contribution in [0.2, 0.25) is 0 Å². The zero-order chi connectivity index (χ0) is 22.5. The maximum Gasteiger partial charge on any atom is 0.0384 e. The van der Waals surface area contributed by atoms with Crippen molar-refractivity contribution in [2.45, 2.75) is 54.4 Å². The minimum Gasteiger partial charge on any atom is -0.359 e. The summed E-state index contributed by atoms with van der Waals surface area (Å²) in [5.74, 6) is 1.92. The van der Waals surface area contributed by atoms with E-state index >= 15 is 0 Å². The van der Waals surface area contributed by atoms with Crippen LogP contribution < -0.4 is 5.32 Å². The number of rotatable bonds is 10. The summed E-state index contributed by atoms with van der Waals surface area (Å²) in [6.45, 7) is 21.2. The summed E-state index contributed by atoms with van der Waals surface area (Å²) in [6, 6.07) is 17.2. The second-order valence-corrected chi connectivity index (χ2v) is 8.47. The summed E-state index contributed by atoms with van der Waals surface area (Å²) in [4.78, 5) is 0. The van der Waals surface area contributed by atoms with Crippen LogP contribution in [0.4, 0.5) is 5.69 Å². The molecule has 0 radical (unpaired) electrons. The van der Waals surface area contributed by atoms with Crippen molar-refractivity contribution >= 4 is 23.0 Å². The van der Waals surface area contributed by atoms with E-state index < -0.39 is 0 Å². The smallest absolute Gasteiger partial charge is 0.0384 e. The van der Waals surface area contributed by atoms with Gasteiger partial charge in [-0.2, -0.15) is 11.8 Å². The summed E-state index contributed by atoms with van der Waals surface area (Å²) < 4.78 is 0. The molecule has 0 aliphatic rings. The first-order valence-electron chi connectivity index (χ1n) is 10.9. The van der Waals surface area contributed by atoms with Gasteiger partial charge in [-0.05, 0) is 62.4 Å². The lowest BCUT2D eigenvalue weighted by molar-refractivity contribution is 1.14. The maximum absolute atomic E-state index is 4.28. The predicted molar refractivity (Wildman–Crippen MR) is 140 cm³/mol. The van der Waals surface area contributed by atoms with Crippen LogP contribution in [0.25, 0.3) is 5.57 Å². The van der Waals surface area contributed by atoms with Gasteiger partial charge in [-0.15, -0.1) is 0 Å². The SMILES string of the molecule is C=C(CSC/C(C)=C(\C)CC(=C)c1ccc(C)cc1)Nc1cccc(CC)c1.CC. The van der Waals surface area contributed by atoms with Gasteiger partial charge in [-0.1, -0.05) is 87.0 Å². The number of aryl methyl sites for hydroxylation is 2. The number of hydrogen-bond acceptors (Lipinski definition) is 2. The quantitative estimate of drug-likeness (QED) is 0.385. The molecular weight excluding hydrogens is 382 g/mol. The summed E-state index contributed by atoms with van der Waals surface area (Å²) in [5, 5.41) is 3.43. The van der Waals surface area contributed by atoms with Crippen molar-refractivity contribution in [3.8, 4) is 0 Å². The third kappa shape index (κ3) is 9.09. The molecule has 0 aromatic heterocycles. The Balaban J connectivity index is 0.00000218. The van der Waals surface area contributed by atoms with Gasteiger partial charge in [0.2, 0.25) is 0 Å². The topological polar surface area (TPSA) is 12.0 Å². The largest absolute Gasteiger partial charge is 0.359 e. The number of thioether (sulfide) groups is 1. The molecule has 2 rings (SSSR count). The maximum atomic E-state index is 4.28. The van der Waals surface area contributed by atoms with Gasteiger partial charge in [0.25, 0.3) is 0 Å². The molecule has 0 aliphatic heterocycles.